The summed E-state index contributed by atoms with van der Waals surface area (Å²) in [5, 5.41) is 0.805. The Morgan fingerprint density at radius 1 is 0.900 bits per heavy atom. The van der Waals surface area contributed by atoms with E-state index in [0.29, 0.717) is 0 Å². The Morgan fingerprint density at radius 3 is 2.35 bits per heavy atom. The van der Waals surface area contributed by atoms with Crippen LogP contribution in [0.3, 0.4) is 0 Å². The molecule has 0 unspecified atom stereocenters. The molecule has 0 atom stereocenters. The Kier molecular flexibility index (Phi) is 3.37. The van der Waals surface area contributed by atoms with Crippen LogP contribution < -0.4 is 0 Å². The molecule has 1 aromatic heterocycles. The fraction of sp³-hybridized carbons (Fsp3) is 0.111. The van der Waals surface area contributed by atoms with Crippen LogP contribution in [-0.4, -0.2) is 4.57 Å². The van der Waals surface area contributed by atoms with E-state index in [0.717, 1.165) is 27.5 Å². The van der Waals surface area contributed by atoms with Crippen molar-refractivity contribution < 1.29 is 0 Å². The van der Waals surface area contributed by atoms with Crippen LogP contribution in [0, 0.1) is 13.8 Å². The number of rotatable bonds is 2. The Labute approximate surface area is 124 Å². The van der Waals surface area contributed by atoms with Crippen LogP contribution in [-0.2, 0) is 0 Å². The predicted octanol–water partition coefficient (Wildman–Crippen LogP) is 5.41. The Balaban J connectivity index is 2.10. The van der Waals surface area contributed by atoms with Gasteiger partial charge in [-0.1, -0.05) is 41.4 Å². The Morgan fingerprint density at radius 2 is 1.65 bits per heavy atom. The molecule has 100 valence electrons. The normalized spacial score (nSPS) is 10.8. The summed E-state index contributed by atoms with van der Waals surface area (Å²) in [7, 11) is 0. The van der Waals surface area contributed by atoms with Crippen molar-refractivity contribution >= 4 is 11.6 Å². The third-order valence-corrected chi connectivity index (χ3v) is 3.94. The first-order valence-electron chi connectivity index (χ1n) is 6.66. The lowest BCUT2D eigenvalue weighted by molar-refractivity contribution is 1.08. The van der Waals surface area contributed by atoms with E-state index in [2.05, 4.69) is 66.2 Å². The monoisotopic (exact) mass is 281 g/mol. The fourth-order valence-corrected chi connectivity index (χ4v) is 2.48. The highest BCUT2D eigenvalue weighted by Crippen LogP contribution is 2.27. The molecule has 1 heterocycles. The van der Waals surface area contributed by atoms with Crippen LogP contribution in [0.1, 0.15) is 11.1 Å². The highest BCUT2D eigenvalue weighted by atomic mass is 35.5. The number of halogens is 1. The predicted molar refractivity (Wildman–Crippen MR) is 85.7 cm³/mol. The minimum atomic E-state index is 0.805. The lowest BCUT2D eigenvalue weighted by atomic mass is 10.1. The first-order valence-corrected chi connectivity index (χ1v) is 7.04. The number of hydrogen-bond donors (Lipinski definition) is 0. The summed E-state index contributed by atoms with van der Waals surface area (Å²) < 4.78 is 2.18. The molecule has 20 heavy (non-hydrogen) atoms. The van der Waals surface area contributed by atoms with Gasteiger partial charge in [-0.3, -0.25) is 0 Å². The fourth-order valence-electron chi connectivity index (χ4n) is 2.30. The van der Waals surface area contributed by atoms with Crippen molar-refractivity contribution in [3.8, 4) is 16.9 Å². The van der Waals surface area contributed by atoms with E-state index in [4.69, 9.17) is 11.6 Å². The molecule has 0 N–H and O–H groups in total. The minimum absolute atomic E-state index is 0.805. The lowest BCUT2D eigenvalue weighted by Gasteiger charge is -2.11. The van der Waals surface area contributed by atoms with Crippen molar-refractivity contribution in [2.24, 2.45) is 0 Å². The zero-order valence-electron chi connectivity index (χ0n) is 11.6. The summed E-state index contributed by atoms with van der Waals surface area (Å²) >= 11 is 6.24. The van der Waals surface area contributed by atoms with Crippen molar-refractivity contribution in [3.63, 3.8) is 0 Å². The number of nitrogens with zero attached hydrogens (tertiary/aromatic N) is 1. The summed E-state index contributed by atoms with van der Waals surface area (Å²) in [5.74, 6) is 0. The second-order valence-corrected chi connectivity index (χ2v) is 5.47. The van der Waals surface area contributed by atoms with Gasteiger partial charge < -0.3 is 4.57 Å². The van der Waals surface area contributed by atoms with E-state index in [9.17, 15) is 0 Å². The smallest absolute Gasteiger partial charge is 0.0528 e. The van der Waals surface area contributed by atoms with Gasteiger partial charge in [-0.2, -0.15) is 0 Å². The molecule has 1 nitrogen and oxygen atoms in total. The van der Waals surface area contributed by atoms with Crippen molar-refractivity contribution in [3.05, 3.63) is 76.9 Å². The first kappa shape index (κ1) is 13.0. The topological polar surface area (TPSA) is 4.93 Å². The average Bonchev–Trinajstić information content (AvgIpc) is 2.92. The second kappa shape index (κ2) is 5.18. The van der Waals surface area contributed by atoms with Gasteiger partial charge in [0.05, 0.1) is 5.69 Å². The van der Waals surface area contributed by atoms with Crippen LogP contribution >= 0.6 is 11.6 Å². The maximum Gasteiger partial charge on any atom is 0.0528 e. The number of hydrogen-bond acceptors (Lipinski definition) is 0. The third kappa shape index (κ3) is 2.37. The summed E-state index contributed by atoms with van der Waals surface area (Å²) in [4.78, 5) is 0. The molecule has 0 saturated carbocycles. The molecule has 0 aliphatic rings. The average molecular weight is 282 g/mol. The first-order chi connectivity index (χ1) is 9.65. The maximum atomic E-state index is 6.24. The molecule has 0 amide bonds. The van der Waals surface area contributed by atoms with Crippen LogP contribution in [0.25, 0.3) is 16.9 Å². The van der Waals surface area contributed by atoms with Gasteiger partial charge in [0.25, 0.3) is 0 Å². The van der Waals surface area contributed by atoms with Crippen molar-refractivity contribution in [2.75, 3.05) is 0 Å². The van der Waals surface area contributed by atoms with Crippen LogP contribution in [0.4, 0.5) is 0 Å². The van der Waals surface area contributed by atoms with Gasteiger partial charge in [0.2, 0.25) is 0 Å². The van der Waals surface area contributed by atoms with Gasteiger partial charge in [-0.15, -0.1) is 0 Å². The van der Waals surface area contributed by atoms with Crippen LogP contribution in [0.2, 0.25) is 5.02 Å². The molecule has 2 aromatic carbocycles. The molecule has 0 saturated heterocycles. The lowest BCUT2D eigenvalue weighted by Crippen LogP contribution is -1.95. The molecule has 0 aliphatic heterocycles. The van der Waals surface area contributed by atoms with Gasteiger partial charge in [0.1, 0.15) is 0 Å². The zero-order valence-corrected chi connectivity index (χ0v) is 12.4. The molecular formula is C18H16ClN. The number of benzene rings is 2. The number of aryl methyl sites for hydroxylation is 2. The molecule has 0 radical (unpaired) electrons. The van der Waals surface area contributed by atoms with E-state index in [1.807, 2.05) is 13.0 Å². The summed E-state index contributed by atoms with van der Waals surface area (Å²) in [6, 6.07) is 18.9. The summed E-state index contributed by atoms with van der Waals surface area (Å²) in [5.41, 5.74) is 5.80. The zero-order chi connectivity index (χ0) is 14.1. The standard InChI is InChI=1S/C18H16ClN/c1-13-5-9-16(10-6-13)20-11-3-4-18(20)15-8-7-14(2)17(19)12-15/h3-12H,1-2H3. The van der Waals surface area contributed by atoms with Crippen LogP contribution in [0.5, 0.6) is 0 Å². The minimum Gasteiger partial charge on any atom is -0.317 e. The molecule has 2 heteroatoms. The largest absolute Gasteiger partial charge is 0.317 e. The Hall–Kier alpha value is -1.99. The highest BCUT2D eigenvalue weighted by molar-refractivity contribution is 6.31. The molecule has 3 rings (SSSR count). The van der Waals surface area contributed by atoms with Crippen molar-refractivity contribution in [1.82, 2.24) is 4.57 Å². The SMILES string of the molecule is Cc1ccc(-n2cccc2-c2ccc(C)c(Cl)c2)cc1. The molecule has 3 aromatic rings. The van der Waals surface area contributed by atoms with Gasteiger partial charge in [-0.05, 0) is 55.3 Å². The van der Waals surface area contributed by atoms with E-state index >= 15 is 0 Å². The van der Waals surface area contributed by atoms with Crippen molar-refractivity contribution in [2.45, 2.75) is 13.8 Å². The quantitative estimate of drug-likeness (QED) is 0.591. The number of aromatic nitrogens is 1. The van der Waals surface area contributed by atoms with E-state index in [1.165, 1.54) is 5.56 Å². The van der Waals surface area contributed by atoms with E-state index < -0.39 is 0 Å². The Bertz CT molecular complexity index is 738. The third-order valence-electron chi connectivity index (χ3n) is 3.53. The van der Waals surface area contributed by atoms with E-state index in [1.54, 1.807) is 0 Å². The molecule has 0 bridgehead atoms. The van der Waals surface area contributed by atoms with Gasteiger partial charge in [0.15, 0.2) is 0 Å². The van der Waals surface area contributed by atoms with Crippen molar-refractivity contribution in [1.29, 1.82) is 0 Å². The van der Waals surface area contributed by atoms with Gasteiger partial charge in [-0.25, -0.2) is 0 Å². The summed E-state index contributed by atoms with van der Waals surface area (Å²) in [6.45, 7) is 4.12. The summed E-state index contributed by atoms with van der Waals surface area (Å²) in [6.07, 6.45) is 2.08. The molecule has 0 spiro atoms. The van der Waals surface area contributed by atoms with Crippen LogP contribution in [0.15, 0.2) is 60.8 Å². The van der Waals surface area contributed by atoms with E-state index in [-0.39, 0.29) is 0 Å². The molecule has 0 aliphatic carbocycles. The maximum absolute atomic E-state index is 6.24. The van der Waals surface area contributed by atoms with Gasteiger partial charge in [0, 0.05) is 16.9 Å². The molecule has 0 fully saturated rings. The van der Waals surface area contributed by atoms with Gasteiger partial charge >= 0.3 is 0 Å². The second-order valence-electron chi connectivity index (χ2n) is 5.06. The molecular weight excluding hydrogens is 266 g/mol. The highest BCUT2D eigenvalue weighted by Gasteiger charge is 2.07.